The summed E-state index contributed by atoms with van der Waals surface area (Å²) in [6, 6.07) is 6.90. The van der Waals surface area contributed by atoms with Crippen LogP contribution in [0, 0.1) is 0 Å². The summed E-state index contributed by atoms with van der Waals surface area (Å²) in [4.78, 5) is 41.7. The zero-order valence-electron chi connectivity index (χ0n) is 12.9. The molecule has 0 fully saturated rings. The molecule has 9 nitrogen and oxygen atoms in total. The number of pyridine rings is 1. The standard InChI is InChI=1S/C15H13N5O4S/c1-16-9-4-2-3-7-5-8(13(22)19-11(7)9)12(21)18-10-6-17-14(25-10)20-15(23)24/h2-6,16H,1H3,(H,17,20)(H,18,21)(H,19,22)(H,23,24). The largest absolute Gasteiger partial charge is 0.465 e. The van der Waals surface area contributed by atoms with Crippen molar-refractivity contribution >= 4 is 50.1 Å². The van der Waals surface area contributed by atoms with Crippen LogP contribution in [0.1, 0.15) is 10.4 Å². The number of rotatable bonds is 4. The van der Waals surface area contributed by atoms with E-state index in [1.54, 1.807) is 19.2 Å². The molecule has 0 atom stereocenters. The normalized spacial score (nSPS) is 10.4. The summed E-state index contributed by atoms with van der Waals surface area (Å²) in [5, 5.41) is 17.4. The first-order valence-corrected chi connectivity index (χ1v) is 7.90. The van der Waals surface area contributed by atoms with Crippen LogP contribution in [0.2, 0.25) is 0 Å². The Balaban J connectivity index is 1.89. The average molecular weight is 359 g/mol. The summed E-state index contributed by atoms with van der Waals surface area (Å²) < 4.78 is 0. The van der Waals surface area contributed by atoms with Gasteiger partial charge < -0.3 is 20.7 Å². The fourth-order valence-electron chi connectivity index (χ4n) is 2.27. The van der Waals surface area contributed by atoms with E-state index in [4.69, 9.17) is 5.11 Å². The van der Waals surface area contributed by atoms with E-state index in [2.05, 4.69) is 25.9 Å². The van der Waals surface area contributed by atoms with Crippen LogP contribution in [0.25, 0.3) is 10.9 Å². The number of benzene rings is 1. The molecule has 0 saturated heterocycles. The molecule has 2 heterocycles. The quantitative estimate of drug-likeness (QED) is 0.485. The minimum absolute atomic E-state index is 0.0538. The van der Waals surface area contributed by atoms with Crippen LogP contribution in [0.4, 0.5) is 20.6 Å². The molecule has 0 unspecified atom stereocenters. The molecular formula is C15H13N5O4S. The third kappa shape index (κ3) is 3.43. The number of carboxylic acid groups (broad SMARTS) is 1. The predicted molar refractivity (Wildman–Crippen MR) is 95.8 cm³/mol. The molecule has 0 aliphatic heterocycles. The molecule has 0 spiro atoms. The van der Waals surface area contributed by atoms with Crippen molar-refractivity contribution in [2.45, 2.75) is 0 Å². The van der Waals surface area contributed by atoms with Gasteiger partial charge in [0.1, 0.15) is 10.6 Å². The SMILES string of the molecule is CNc1cccc2cc(C(=O)Nc3cnc(NC(=O)O)s3)c(=O)[nH]c12. The Bertz CT molecular complexity index is 1030. The maximum Gasteiger partial charge on any atom is 0.410 e. The lowest BCUT2D eigenvalue weighted by Gasteiger charge is -2.07. The van der Waals surface area contributed by atoms with E-state index in [9.17, 15) is 14.4 Å². The monoisotopic (exact) mass is 359 g/mol. The van der Waals surface area contributed by atoms with E-state index in [0.29, 0.717) is 15.9 Å². The van der Waals surface area contributed by atoms with E-state index in [0.717, 1.165) is 17.0 Å². The molecule has 0 aliphatic rings. The van der Waals surface area contributed by atoms with Crippen molar-refractivity contribution in [2.24, 2.45) is 0 Å². The number of para-hydroxylation sites is 1. The smallest absolute Gasteiger partial charge is 0.410 e. The molecule has 2 amide bonds. The van der Waals surface area contributed by atoms with Gasteiger partial charge in [-0.2, -0.15) is 0 Å². The van der Waals surface area contributed by atoms with E-state index in [1.807, 2.05) is 6.07 Å². The molecule has 0 radical (unpaired) electrons. The maximum atomic E-state index is 12.4. The molecule has 0 aliphatic carbocycles. The van der Waals surface area contributed by atoms with E-state index >= 15 is 0 Å². The number of thiazole rings is 1. The van der Waals surface area contributed by atoms with Crippen LogP contribution in [0.3, 0.4) is 0 Å². The van der Waals surface area contributed by atoms with Gasteiger partial charge in [-0.15, -0.1) is 0 Å². The summed E-state index contributed by atoms with van der Waals surface area (Å²) >= 11 is 0.943. The summed E-state index contributed by atoms with van der Waals surface area (Å²) in [5.41, 5.74) is 0.772. The number of fused-ring (bicyclic) bond motifs is 1. The third-order valence-corrected chi connectivity index (χ3v) is 4.18. The van der Waals surface area contributed by atoms with Crippen LogP contribution < -0.4 is 21.5 Å². The molecule has 128 valence electrons. The van der Waals surface area contributed by atoms with Crippen molar-refractivity contribution in [3.05, 3.63) is 46.4 Å². The molecule has 0 saturated carbocycles. The van der Waals surface area contributed by atoms with Crippen LogP contribution in [0.5, 0.6) is 0 Å². The molecule has 25 heavy (non-hydrogen) atoms. The highest BCUT2D eigenvalue weighted by Gasteiger charge is 2.15. The molecule has 2 aromatic heterocycles. The van der Waals surface area contributed by atoms with Gasteiger partial charge in [-0.25, -0.2) is 9.78 Å². The van der Waals surface area contributed by atoms with Gasteiger partial charge in [0.15, 0.2) is 5.13 Å². The van der Waals surface area contributed by atoms with Gasteiger partial charge in [-0.3, -0.25) is 14.9 Å². The Morgan fingerprint density at radius 3 is 2.80 bits per heavy atom. The van der Waals surface area contributed by atoms with Crippen LogP contribution in [0.15, 0.2) is 35.3 Å². The number of carbonyl (C=O) groups is 2. The molecule has 1 aromatic carbocycles. The summed E-state index contributed by atoms with van der Waals surface area (Å²) in [7, 11) is 1.74. The minimum Gasteiger partial charge on any atom is -0.465 e. The Hall–Kier alpha value is -3.40. The average Bonchev–Trinajstić information content (AvgIpc) is 2.99. The van der Waals surface area contributed by atoms with Gasteiger partial charge in [0.25, 0.3) is 11.5 Å². The van der Waals surface area contributed by atoms with Gasteiger partial charge in [0.05, 0.1) is 17.4 Å². The van der Waals surface area contributed by atoms with Crippen LogP contribution in [-0.2, 0) is 0 Å². The molecule has 3 rings (SSSR count). The van der Waals surface area contributed by atoms with Gasteiger partial charge in [-0.1, -0.05) is 23.5 Å². The topological polar surface area (TPSA) is 136 Å². The van der Waals surface area contributed by atoms with Crippen LogP contribution in [-0.4, -0.2) is 34.1 Å². The van der Waals surface area contributed by atoms with Crippen molar-refractivity contribution < 1.29 is 14.7 Å². The highest BCUT2D eigenvalue weighted by Crippen LogP contribution is 2.24. The van der Waals surface area contributed by atoms with Gasteiger partial charge in [0.2, 0.25) is 0 Å². The zero-order valence-corrected chi connectivity index (χ0v) is 13.7. The lowest BCUT2D eigenvalue weighted by atomic mass is 10.1. The predicted octanol–water partition coefficient (Wildman–Crippen LogP) is 2.37. The maximum absolute atomic E-state index is 12.4. The Kier molecular flexibility index (Phi) is 4.35. The number of aromatic amines is 1. The third-order valence-electron chi connectivity index (χ3n) is 3.35. The summed E-state index contributed by atoms with van der Waals surface area (Å²) in [5.74, 6) is -0.608. The number of nitrogens with one attached hydrogen (secondary N) is 4. The van der Waals surface area contributed by atoms with E-state index < -0.39 is 17.6 Å². The second-order valence-electron chi connectivity index (χ2n) is 4.95. The van der Waals surface area contributed by atoms with Crippen LogP contribution >= 0.6 is 11.3 Å². The fraction of sp³-hybridized carbons (Fsp3) is 0.0667. The Labute approximate surface area is 144 Å². The number of carbonyl (C=O) groups excluding carboxylic acids is 1. The minimum atomic E-state index is -1.25. The number of nitrogens with zero attached hydrogens (tertiary/aromatic N) is 1. The number of anilines is 3. The first-order valence-electron chi connectivity index (χ1n) is 7.09. The number of amides is 2. The van der Waals surface area contributed by atoms with Crippen molar-refractivity contribution in [1.29, 1.82) is 0 Å². The second kappa shape index (κ2) is 6.61. The number of hydrogen-bond acceptors (Lipinski definition) is 6. The molecule has 3 aromatic rings. The number of aromatic nitrogens is 2. The fourth-order valence-corrected chi connectivity index (χ4v) is 2.97. The van der Waals surface area contributed by atoms with Gasteiger partial charge in [-0.05, 0) is 12.1 Å². The van der Waals surface area contributed by atoms with Gasteiger partial charge >= 0.3 is 6.09 Å². The zero-order chi connectivity index (χ0) is 18.0. The second-order valence-corrected chi connectivity index (χ2v) is 5.98. The van der Waals surface area contributed by atoms with Gasteiger partial charge in [0, 0.05) is 12.4 Å². The van der Waals surface area contributed by atoms with Crippen molar-refractivity contribution in [3.63, 3.8) is 0 Å². The number of hydrogen-bond donors (Lipinski definition) is 5. The van der Waals surface area contributed by atoms with E-state index in [-0.39, 0.29) is 10.7 Å². The summed E-state index contributed by atoms with van der Waals surface area (Å²) in [6.45, 7) is 0. The Morgan fingerprint density at radius 1 is 1.28 bits per heavy atom. The first-order chi connectivity index (χ1) is 12.0. The molecule has 10 heteroatoms. The Morgan fingerprint density at radius 2 is 2.08 bits per heavy atom. The summed E-state index contributed by atoms with van der Waals surface area (Å²) in [6.07, 6.45) is 0.0564. The molecular weight excluding hydrogens is 346 g/mol. The van der Waals surface area contributed by atoms with Crippen molar-refractivity contribution in [3.8, 4) is 0 Å². The lowest BCUT2D eigenvalue weighted by Crippen LogP contribution is -2.22. The first kappa shape index (κ1) is 16.5. The van der Waals surface area contributed by atoms with E-state index in [1.165, 1.54) is 12.3 Å². The number of H-pyrrole nitrogens is 1. The highest BCUT2D eigenvalue weighted by molar-refractivity contribution is 7.19. The highest BCUT2D eigenvalue weighted by atomic mass is 32.1. The van der Waals surface area contributed by atoms with Crippen molar-refractivity contribution in [2.75, 3.05) is 23.0 Å². The molecule has 0 bridgehead atoms. The molecule has 5 N–H and O–H groups in total. The lowest BCUT2D eigenvalue weighted by molar-refractivity contribution is 0.102. The van der Waals surface area contributed by atoms with Crippen molar-refractivity contribution in [1.82, 2.24) is 9.97 Å².